The maximum atomic E-state index is 14.4. The van der Waals surface area contributed by atoms with Gasteiger partial charge in [-0.25, -0.2) is 0 Å². The number of ether oxygens (including phenoxy) is 8. The molecule has 0 aromatic rings. The monoisotopic (exact) mass is 994 g/mol. The minimum absolute atomic E-state index is 0.00324. The molecule has 8 aliphatic rings. The fourth-order valence-corrected chi connectivity index (χ4v) is 14.2. The molecule has 23 heteroatoms. The highest BCUT2D eigenvalue weighted by Gasteiger charge is 2.68. The van der Waals surface area contributed by atoms with Crippen LogP contribution in [0.4, 0.5) is 0 Å². The van der Waals surface area contributed by atoms with Crippen LogP contribution in [0, 0.1) is 39.9 Å². The lowest BCUT2D eigenvalue weighted by molar-refractivity contribution is -0.396. The van der Waals surface area contributed by atoms with E-state index in [1.54, 1.807) is 0 Å². The summed E-state index contributed by atoms with van der Waals surface area (Å²) < 4.78 is 48.3. The highest BCUT2D eigenvalue weighted by molar-refractivity contribution is 5.77. The van der Waals surface area contributed by atoms with Gasteiger partial charge in [0.05, 0.1) is 37.9 Å². The van der Waals surface area contributed by atoms with Crippen LogP contribution in [-0.2, 0) is 42.7 Å². The molecule has 23 nitrogen and oxygen atoms in total. The van der Waals surface area contributed by atoms with Gasteiger partial charge in [0, 0.05) is 5.92 Å². The second kappa shape index (κ2) is 20.6. The summed E-state index contributed by atoms with van der Waals surface area (Å²) in [6.07, 6.45) is -29.9. The number of carbonyl (C=O) groups is 1. The average molecular weight is 995 g/mol. The lowest BCUT2D eigenvalue weighted by Crippen LogP contribution is -2.67. The number of hydrogen-bond acceptors (Lipinski definition) is 23. The Hall–Kier alpha value is -1.63. The number of fused-ring (bicyclic) bond motifs is 3. The molecule has 0 radical (unpaired) electrons. The maximum Gasteiger partial charge on any atom is 0.314 e. The van der Waals surface area contributed by atoms with E-state index in [1.165, 1.54) is 0 Å². The molecule has 2 bridgehead atoms. The molecule has 0 aromatic carbocycles. The van der Waals surface area contributed by atoms with Crippen LogP contribution >= 0.6 is 0 Å². The van der Waals surface area contributed by atoms with Gasteiger partial charge in [0.15, 0.2) is 18.9 Å². The molecule has 4 saturated heterocycles. The molecule has 1 spiro atoms. The van der Waals surface area contributed by atoms with Gasteiger partial charge >= 0.3 is 5.97 Å². The summed E-state index contributed by atoms with van der Waals surface area (Å²) in [6, 6.07) is 0. The third kappa shape index (κ3) is 9.04. The van der Waals surface area contributed by atoms with E-state index >= 15 is 0 Å². The number of rotatable bonds is 12. The van der Waals surface area contributed by atoms with Gasteiger partial charge < -0.3 is 109 Å². The van der Waals surface area contributed by atoms with Crippen molar-refractivity contribution in [3.05, 3.63) is 12.2 Å². The molecule has 8 rings (SSSR count). The Morgan fingerprint density at radius 3 is 1.58 bits per heavy atom. The van der Waals surface area contributed by atoms with Crippen molar-refractivity contribution in [1.29, 1.82) is 0 Å². The maximum absolute atomic E-state index is 14.4. The largest absolute Gasteiger partial charge is 0.432 e. The molecule has 14 N–H and O–H groups in total. The Balaban J connectivity index is 1.09. The van der Waals surface area contributed by atoms with Crippen molar-refractivity contribution in [3.8, 4) is 0 Å². The molecule has 0 aromatic heterocycles. The van der Waals surface area contributed by atoms with E-state index in [4.69, 9.17) is 37.9 Å². The first-order valence-electron chi connectivity index (χ1n) is 24.3. The minimum atomic E-state index is -1.96. The minimum Gasteiger partial charge on any atom is -0.432 e. The third-order valence-electron chi connectivity index (χ3n) is 17.9. The SMILES string of the molecule is C=C1C[C@@]23CCC4[C@](C)(C(=O)OC5OC(CO)C(O)C(O)C5O)CCC[C@@]4(C)[C@@H]2CCC(OC2OC(CO)C(O)C(OC4OC(CO)C(O)C(O)C4O)C2OC2OC(CO)C(O)C(O)C2O)[C@H]1[C@@H]3C. The van der Waals surface area contributed by atoms with Gasteiger partial charge in [-0.2, -0.15) is 0 Å². The molecule has 396 valence electrons. The van der Waals surface area contributed by atoms with E-state index < -0.39 is 172 Å². The van der Waals surface area contributed by atoms with E-state index in [0.717, 1.165) is 12.0 Å². The standard InChI is InChI=1S/C46H74O23/c1-17-12-46-11-8-24-44(3,9-5-10-45(24,4)43(61)69-41-36(60)33(57)29(53)22(15-49)65-41)25(46)7-6-19(26(17)18(46)2)62-42-38(68-40-35(59)32(56)28(52)21(14-48)64-40)37(30(54)23(16-50)66-42)67-39-34(58)31(55)27(51)20(13-47)63-39/h18-42,47-60H,1,5-16H2,2-4H3/t18-,19?,20?,21?,22?,23?,24?,25-,26+,27?,28?,29?,30?,31?,32?,33?,34?,35?,36?,37?,38?,39?,40?,41?,42?,44+,45+,46+/m0/s1. The van der Waals surface area contributed by atoms with Gasteiger partial charge in [-0.15, -0.1) is 0 Å². The quantitative estimate of drug-likeness (QED) is 0.0646. The van der Waals surface area contributed by atoms with Gasteiger partial charge in [0.25, 0.3) is 0 Å². The zero-order valence-corrected chi connectivity index (χ0v) is 39.1. The van der Waals surface area contributed by atoms with Crippen LogP contribution < -0.4 is 0 Å². The van der Waals surface area contributed by atoms with Gasteiger partial charge in [-0.3, -0.25) is 4.79 Å². The molecule has 4 saturated carbocycles. The zero-order valence-electron chi connectivity index (χ0n) is 39.1. The zero-order chi connectivity index (χ0) is 50.2. The molecule has 4 heterocycles. The first-order valence-corrected chi connectivity index (χ1v) is 24.3. The summed E-state index contributed by atoms with van der Waals surface area (Å²) in [4.78, 5) is 14.4. The van der Waals surface area contributed by atoms with Crippen molar-refractivity contribution in [3.63, 3.8) is 0 Å². The topological polar surface area (TPSA) is 374 Å². The summed E-state index contributed by atoms with van der Waals surface area (Å²) in [5.41, 5.74) is -0.919. The van der Waals surface area contributed by atoms with Gasteiger partial charge in [-0.1, -0.05) is 32.4 Å². The summed E-state index contributed by atoms with van der Waals surface area (Å²) in [5, 5.41) is 148. The van der Waals surface area contributed by atoms with E-state index in [-0.39, 0.29) is 29.1 Å². The number of esters is 1. The van der Waals surface area contributed by atoms with E-state index in [2.05, 4.69) is 20.4 Å². The molecule has 4 aliphatic carbocycles. The van der Waals surface area contributed by atoms with Crippen LogP contribution in [0.1, 0.15) is 72.1 Å². The molecule has 0 amide bonds. The molecule has 4 aliphatic heterocycles. The number of aliphatic hydroxyl groups excluding tert-OH is 14. The smallest absolute Gasteiger partial charge is 0.314 e. The van der Waals surface area contributed by atoms with E-state index in [0.29, 0.717) is 44.9 Å². The van der Waals surface area contributed by atoms with Crippen LogP contribution in [-0.4, -0.2) is 233 Å². The fraction of sp³-hybridized carbons (Fsp3) is 0.935. The van der Waals surface area contributed by atoms with Crippen molar-refractivity contribution < 1.29 is 114 Å². The van der Waals surface area contributed by atoms with Crippen molar-refractivity contribution in [2.24, 2.45) is 39.9 Å². The number of hydrogen-bond donors (Lipinski definition) is 14. The predicted octanol–water partition coefficient (Wildman–Crippen LogP) is -4.62. The lowest BCUT2D eigenvalue weighted by Gasteiger charge is -2.63. The Morgan fingerprint density at radius 1 is 0.565 bits per heavy atom. The molecular weight excluding hydrogens is 920 g/mol. The van der Waals surface area contributed by atoms with E-state index in [1.807, 2.05) is 6.92 Å². The van der Waals surface area contributed by atoms with Gasteiger partial charge in [0.2, 0.25) is 6.29 Å². The highest BCUT2D eigenvalue weighted by Crippen LogP contribution is 2.73. The van der Waals surface area contributed by atoms with Crippen LogP contribution in [0.2, 0.25) is 0 Å². The summed E-state index contributed by atoms with van der Waals surface area (Å²) in [7, 11) is 0. The molecule has 69 heavy (non-hydrogen) atoms. The third-order valence-corrected chi connectivity index (χ3v) is 17.9. The number of carbonyl (C=O) groups excluding carboxylic acids is 1. The average Bonchev–Trinajstić information content (AvgIpc) is 3.49. The van der Waals surface area contributed by atoms with Crippen LogP contribution in [0.5, 0.6) is 0 Å². The predicted molar refractivity (Wildman–Crippen MR) is 228 cm³/mol. The first-order chi connectivity index (χ1) is 32.6. The van der Waals surface area contributed by atoms with Gasteiger partial charge in [0.1, 0.15) is 97.7 Å². The first kappa shape index (κ1) is 53.7. The molecule has 22 unspecified atom stereocenters. The van der Waals surface area contributed by atoms with Crippen LogP contribution in [0.25, 0.3) is 0 Å². The molecule has 8 fully saturated rings. The summed E-state index contributed by atoms with van der Waals surface area (Å²) in [5.74, 6) is -1.22. The van der Waals surface area contributed by atoms with Crippen molar-refractivity contribution in [1.82, 2.24) is 0 Å². The summed E-state index contributed by atoms with van der Waals surface area (Å²) in [6.45, 7) is 7.66. The summed E-state index contributed by atoms with van der Waals surface area (Å²) >= 11 is 0. The lowest BCUT2D eigenvalue weighted by atomic mass is 9.41. The van der Waals surface area contributed by atoms with Crippen molar-refractivity contribution in [2.45, 2.75) is 201 Å². The van der Waals surface area contributed by atoms with Crippen LogP contribution in [0.3, 0.4) is 0 Å². The molecular formula is C46H74O23. The Bertz CT molecular complexity index is 1790. The second-order valence-corrected chi connectivity index (χ2v) is 21.5. The normalized spacial score (nSPS) is 54.6. The fourth-order valence-electron chi connectivity index (χ4n) is 14.2. The van der Waals surface area contributed by atoms with Crippen LogP contribution in [0.15, 0.2) is 12.2 Å². The van der Waals surface area contributed by atoms with Crippen molar-refractivity contribution >= 4 is 5.97 Å². The Kier molecular flexibility index (Phi) is 16.0. The highest BCUT2D eigenvalue weighted by atomic mass is 16.8. The van der Waals surface area contributed by atoms with Gasteiger partial charge in [-0.05, 0) is 80.5 Å². The van der Waals surface area contributed by atoms with E-state index in [9.17, 15) is 76.3 Å². The molecule has 28 atom stereocenters. The Morgan fingerprint density at radius 2 is 1.04 bits per heavy atom. The Labute approximate surface area is 399 Å². The number of aliphatic hydroxyl groups is 14. The van der Waals surface area contributed by atoms with Crippen molar-refractivity contribution in [2.75, 3.05) is 26.4 Å². The second-order valence-electron chi connectivity index (χ2n) is 21.5.